The molecule has 1 spiro atoms. The lowest BCUT2D eigenvalue weighted by Crippen LogP contribution is -2.47. The molecule has 0 N–H and O–H groups in total. The van der Waals surface area contributed by atoms with Gasteiger partial charge in [0.1, 0.15) is 0 Å². The van der Waals surface area contributed by atoms with Crippen molar-refractivity contribution in [3.8, 4) is 0 Å². The van der Waals surface area contributed by atoms with Crippen molar-refractivity contribution in [2.45, 2.75) is 37.6 Å². The van der Waals surface area contributed by atoms with Crippen molar-refractivity contribution in [1.82, 2.24) is 9.80 Å². The summed E-state index contributed by atoms with van der Waals surface area (Å²) in [4.78, 5) is 18.1. The maximum atomic E-state index is 12.7. The van der Waals surface area contributed by atoms with Crippen LogP contribution in [0, 0.1) is 5.41 Å². The van der Waals surface area contributed by atoms with Gasteiger partial charge < -0.3 is 4.90 Å². The van der Waals surface area contributed by atoms with Crippen molar-refractivity contribution < 1.29 is 4.79 Å². The minimum Gasteiger partial charge on any atom is -0.337 e. The number of carbonyl (C=O) groups excluding carboxylic acids is 1. The monoisotopic (exact) mass is 368 g/mol. The van der Waals surface area contributed by atoms with Crippen molar-refractivity contribution >= 4 is 17.2 Å². The predicted octanol–water partition coefficient (Wildman–Crippen LogP) is 4.61. The fourth-order valence-corrected chi connectivity index (χ4v) is 5.70. The first kappa shape index (κ1) is 17.7. The van der Waals surface area contributed by atoms with Crippen molar-refractivity contribution in [3.63, 3.8) is 0 Å². The van der Waals surface area contributed by atoms with Gasteiger partial charge in [0.2, 0.25) is 0 Å². The van der Waals surface area contributed by atoms with Crippen molar-refractivity contribution in [3.05, 3.63) is 58.3 Å². The van der Waals surface area contributed by atoms with E-state index >= 15 is 0 Å². The average Bonchev–Trinajstić information content (AvgIpc) is 3.33. The van der Waals surface area contributed by atoms with E-state index in [-0.39, 0.29) is 11.4 Å². The Kier molecular flexibility index (Phi) is 4.66. The fourth-order valence-electron chi connectivity index (χ4n) is 5.01. The molecule has 0 radical (unpaired) electrons. The maximum absolute atomic E-state index is 12.7. The minimum absolute atomic E-state index is 0.137. The third-order valence-electron chi connectivity index (χ3n) is 6.76. The van der Waals surface area contributed by atoms with Gasteiger partial charge in [-0.3, -0.25) is 9.69 Å². The van der Waals surface area contributed by atoms with Gasteiger partial charge in [-0.05, 0) is 68.6 Å². The molecule has 1 aromatic heterocycles. The van der Waals surface area contributed by atoms with Gasteiger partial charge in [0.05, 0.1) is 4.88 Å². The Morgan fingerprint density at radius 2 is 1.73 bits per heavy atom. The number of carbonyl (C=O) groups is 1. The molecule has 4 heteroatoms. The molecule has 1 aromatic carbocycles. The Hall–Kier alpha value is -1.65. The highest BCUT2D eigenvalue weighted by atomic mass is 32.1. The molecule has 4 rings (SSSR count). The molecule has 1 saturated heterocycles. The lowest BCUT2D eigenvalue weighted by molar-refractivity contribution is 0.0370. The highest BCUT2D eigenvalue weighted by Crippen LogP contribution is 2.51. The van der Waals surface area contributed by atoms with Crippen LogP contribution in [0.4, 0.5) is 0 Å². The first-order chi connectivity index (χ1) is 12.5. The van der Waals surface area contributed by atoms with E-state index in [4.69, 9.17) is 0 Å². The third-order valence-corrected chi connectivity index (χ3v) is 7.62. The van der Waals surface area contributed by atoms with E-state index < -0.39 is 0 Å². The molecule has 2 fully saturated rings. The quantitative estimate of drug-likeness (QED) is 0.790. The second-order valence-electron chi connectivity index (χ2n) is 8.25. The summed E-state index contributed by atoms with van der Waals surface area (Å²) < 4.78 is 0. The van der Waals surface area contributed by atoms with Gasteiger partial charge in [-0.25, -0.2) is 0 Å². The number of hydrogen-bond donors (Lipinski definition) is 0. The minimum atomic E-state index is 0.137. The zero-order valence-corrected chi connectivity index (χ0v) is 16.6. The Bertz CT molecular complexity index is 746. The summed E-state index contributed by atoms with van der Waals surface area (Å²) in [7, 11) is 4.43. The molecule has 1 saturated carbocycles. The topological polar surface area (TPSA) is 23.6 Å². The largest absolute Gasteiger partial charge is 0.337 e. The maximum Gasteiger partial charge on any atom is 0.263 e. The standard InChI is InChI=1S/C22H28N2OS/c1-23(2)22(18-7-4-3-5-8-18)12-10-21(11-13-22)14-15-24(17-21)20(25)19-9-6-16-26-19/h3-9,16H,10-15,17H2,1-2H3. The number of benzene rings is 1. The molecule has 1 amide bonds. The molecule has 2 heterocycles. The van der Waals surface area contributed by atoms with Gasteiger partial charge in [-0.15, -0.1) is 11.3 Å². The van der Waals surface area contributed by atoms with E-state index in [0.717, 1.165) is 24.4 Å². The SMILES string of the molecule is CN(C)C1(c2ccccc2)CCC2(CCN(C(=O)c3cccs3)C2)CC1. The lowest BCUT2D eigenvalue weighted by Gasteiger charge is -2.49. The number of rotatable bonds is 3. The van der Waals surface area contributed by atoms with Crippen LogP contribution in [0.1, 0.15) is 47.3 Å². The molecular weight excluding hydrogens is 340 g/mol. The molecule has 0 unspecified atom stereocenters. The summed E-state index contributed by atoms with van der Waals surface area (Å²) in [5.74, 6) is 0.226. The van der Waals surface area contributed by atoms with E-state index in [1.54, 1.807) is 11.3 Å². The van der Waals surface area contributed by atoms with Crippen LogP contribution in [0.3, 0.4) is 0 Å². The van der Waals surface area contributed by atoms with E-state index in [1.165, 1.54) is 31.2 Å². The molecule has 0 bridgehead atoms. The predicted molar refractivity (Wildman–Crippen MR) is 108 cm³/mol. The fraction of sp³-hybridized carbons (Fsp3) is 0.500. The van der Waals surface area contributed by atoms with Crippen molar-refractivity contribution in [2.24, 2.45) is 5.41 Å². The van der Waals surface area contributed by atoms with Gasteiger partial charge in [0.15, 0.2) is 0 Å². The van der Waals surface area contributed by atoms with Crippen LogP contribution >= 0.6 is 11.3 Å². The summed E-state index contributed by atoms with van der Waals surface area (Å²) in [6.45, 7) is 1.85. The summed E-state index contributed by atoms with van der Waals surface area (Å²) in [6.07, 6.45) is 5.90. The number of likely N-dealkylation sites (tertiary alicyclic amines) is 1. The van der Waals surface area contributed by atoms with E-state index in [2.05, 4.69) is 54.2 Å². The third kappa shape index (κ3) is 2.99. The summed E-state index contributed by atoms with van der Waals surface area (Å²) >= 11 is 1.56. The second-order valence-corrected chi connectivity index (χ2v) is 9.19. The van der Waals surface area contributed by atoms with Crippen LogP contribution in [-0.4, -0.2) is 42.9 Å². The summed E-state index contributed by atoms with van der Waals surface area (Å²) in [5.41, 5.74) is 1.89. The Morgan fingerprint density at radius 3 is 2.35 bits per heavy atom. The second kappa shape index (κ2) is 6.82. The summed E-state index contributed by atoms with van der Waals surface area (Å²) in [5, 5.41) is 1.99. The number of amides is 1. The first-order valence-electron chi connectivity index (χ1n) is 9.61. The summed E-state index contributed by atoms with van der Waals surface area (Å²) in [6, 6.07) is 14.9. The molecule has 2 aromatic rings. The molecule has 0 atom stereocenters. The van der Waals surface area contributed by atoms with Crippen LogP contribution in [0.15, 0.2) is 47.8 Å². The molecule has 3 nitrogen and oxygen atoms in total. The van der Waals surface area contributed by atoms with Crippen LogP contribution in [0.25, 0.3) is 0 Å². The van der Waals surface area contributed by atoms with Crippen LogP contribution in [0.5, 0.6) is 0 Å². The smallest absolute Gasteiger partial charge is 0.263 e. The number of nitrogens with zero attached hydrogens (tertiary/aromatic N) is 2. The zero-order valence-electron chi connectivity index (χ0n) is 15.8. The van der Waals surface area contributed by atoms with Gasteiger partial charge >= 0.3 is 0 Å². The van der Waals surface area contributed by atoms with Crippen LogP contribution in [-0.2, 0) is 5.54 Å². The molecule has 26 heavy (non-hydrogen) atoms. The number of hydrogen-bond acceptors (Lipinski definition) is 3. The van der Waals surface area contributed by atoms with Gasteiger partial charge in [0.25, 0.3) is 5.91 Å². The van der Waals surface area contributed by atoms with Crippen molar-refractivity contribution in [1.29, 1.82) is 0 Å². The molecule has 1 aliphatic heterocycles. The lowest BCUT2D eigenvalue weighted by atomic mass is 9.64. The van der Waals surface area contributed by atoms with Gasteiger partial charge in [0, 0.05) is 18.6 Å². The normalized spacial score (nSPS) is 28.8. The van der Waals surface area contributed by atoms with E-state index in [1.807, 2.05) is 17.5 Å². The van der Waals surface area contributed by atoms with E-state index in [9.17, 15) is 4.79 Å². The van der Waals surface area contributed by atoms with Crippen molar-refractivity contribution in [2.75, 3.05) is 27.2 Å². The van der Waals surface area contributed by atoms with Gasteiger partial charge in [-0.1, -0.05) is 36.4 Å². The highest BCUT2D eigenvalue weighted by molar-refractivity contribution is 7.12. The van der Waals surface area contributed by atoms with E-state index in [0.29, 0.717) is 5.41 Å². The Balaban J connectivity index is 1.48. The average molecular weight is 369 g/mol. The van der Waals surface area contributed by atoms with Gasteiger partial charge in [-0.2, -0.15) is 0 Å². The van der Waals surface area contributed by atoms with Crippen LogP contribution < -0.4 is 0 Å². The Labute approximate surface area is 160 Å². The van der Waals surface area contributed by atoms with Crippen LogP contribution in [0.2, 0.25) is 0 Å². The molecule has 1 aliphatic carbocycles. The first-order valence-corrected chi connectivity index (χ1v) is 10.5. The zero-order chi connectivity index (χ0) is 18.2. The molecule has 138 valence electrons. The molecule has 2 aliphatic rings. The highest BCUT2D eigenvalue weighted by Gasteiger charge is 2.48. The molecular formula is C22H28N2OS. The number of thiophene rings is 1. The Morgan fingerprint density at radius 1 is 1.00 bits per heavy atom.